The van der Waals surface area contributed by atoms with Gasteiger partial charge in [0.25, 0.3) is 0 Å². The number of aryl methyl sites for hydroxylation is 2. The number of rotatable bonds is 5. The molecule has 0 aromatic heterocycles. The number of benzene rings is 1. The Kier molecular flexibility index (Phi) is 5.09. The summed E-state index contributed by atoms with van der Waals surface area (Å²) in [6.45, 7) is 11.2. The Hall–Kier alpha value is -1.15. The molecule has 1 N–H and O–H groups in total. The predicted molar refractivity (Wildman–Crippen MR) is 77.0 cm³/mol. The predicted octanol–water partition coefficient (Wildman–Crippen LogP) is 3.19. The molecule has 0 heterocycles. The SMILES string of the molecule is Cc1cccc(C)c1CC(=O)CCNC(C)(C)C. The molecule has 0 aliphatic carbocycles. The van der Waals surface area contributed by atoms with E-state index in [4.69, 9.17) is 0 Å². The summed E-state index contributed by atoms with van der Waals surface area (Å²) in [4.78, 5) is 12.0. The standard InChI is InChI=1S/C16H25NO/c1-12-7-6-8-13(2)15(12)11-14(18)9-10-17-16(3,4)5/h6-8,17H,9-11H2,1-5H3. The van der Waals surface area contributed by atoms with Crippen molar-refractivity contribution in [1.29, 1.82) is 0 Å². The van der Waals surface area contributed by atoms with Gasteiger partial charge in [0.2, 0.25) is 0 Å². The number of ketones is 1. The Morgan fingerprint density at radius 1 is 1.17 bits per heavy atom. The zero-order valence-electron chi connectivity index (χ0n) is 12.3. The fourth-order valence-electron chi connectivity index (χ4n) is 1.99. The Labute approximate surface area is 111 Å². The van der Waals surface area contributed by atoms with Gasteiger partial charge in [-0.25, -0.2) is 0 Å². The second-order valence-electron chi connectivity index (χ2n) is 6.01. The van der Waals surface area contributed by atoms with E-state index in [-0.39, 0.29) is 5.54 Å². The normalized spacial score (nSPS) is 11.6. The summed E-state index contributed by atoms with van der Waals surface area (Å²) >= 11 is 0. The monoisotopic (exact) mass is 247 g/mol. The molecule has 0 unspecified atom stereocenters. The van der Waals surface area contributed by atoms with Crippen molar-refractivity contribution in [2.24, 2.45) is 0 Å². The topological polar surface area (TPSA) is 29.1 Å². The van der Waals surface area contributed by atoms with Gasteiger partial charge in [-0.2, -0.15) is 0 Å². The molecular formula is C16H25NO. The fourth-order valence-corrected chi connectivity index (χ4v) is 1.99. The molecule has 2 nitrogen and oxygen atoms in total. The van der Waals surface area contributed by atoms with Crippen molar-refractivity contribution in [3.63, 3.8) is 0 Å². The van der Waals surface area contributed by atoms with Crippen LogP contribution >= 0.6 is 0 Å². The summed E-state index contributed by atoms with van der Waals surface area (Å²) in [5, 5.41) is 3.35. The van der Waals surface area contributed by atoms with Gasteiger partial charge in [-0.15, -0.1) is 0 Å². The van der Waals surface area contributed by atoms with E-state index < -0.39 is 0 Å². The van der Waals surface area contributed by atoms with Crippen LogP contribution in [0, 0.1) is 13.8 Å². The van der Waals surface area contributed by atoms with Gasteiger partial charge in [0, 0.05) is 24.9 Å². The molecule has 0 saturated heterocycles. The molecule has 0 spiro atoms. The third-order valence-electron chi connectivity index (χ3n) is 3.08. The molecule has 0 atom stereocenters. The minimum atomic E-state index is 0.0822. The van der Waals surface area contributed by atoms with Gasteiger partial charge in [-0.1, -0.05) is 18.2 Å². The Morgan fingerprint density at radius 3 is 2.22 bits per heavy atom. The van der Waals surface area contributed by atoms with Crippen LogP contribution in [0.25, 0.3) is 0 Å². The first-order chi connectivity index (χ1) is 8.29. The van der Waals surface area contributed by atoms with Crippen LogP contribution in [0.3, 0.4) is 0 Å². The van der Waals surface area contributed by atoms with Crippen molar-refractivity contribution in [1.82, 2.24) is 5.32 Å². The minimum Gasteiger partial charge on any atom is -0.312 e. The van der Waals surface area contributed by atoms with E-state index in [1.54, 1.807) is 0 Å². The van der Waals surface area contributed by atoms with Gasteiger partial charge < -0.3 is 5.32 Å². The summed E-state index contributed by atoms with van der Waals surface area (Å²) in [5.41, 5.74) is 3.70. The summed E-state index contributed by atoms with van der Waals surface area (Å²) in [5.74, 6) is 0.309. The van der Waals surface area contributed by atoms with Crippen LogP contribution in [0.15, 0.2) is 18.2 Å². The Morgan fingerprint density at radius 2 is 1.72 bits per heavy atom. The van der Waals surface area contributed by atoms with Gasteiger partial charge in [-0.3, -0.25) is 4.79 Å². The first-order valence-corrected chi connectivity index (χ1v) is 6.61. The van der Waals surface area contributed by atoms with Gasteiger partial charge in [0.1, 0.15) is 5.78 Å². The second kappa shape index (κ2) is 6.14. The van der Waals surface area contributed by atoms with Crippen molar-refractivity contribution in [3.8, 4) is 0 Å². The number of nitrogens with one attached hydrogen (secondary N) is 1. The molecular weight excluding hydrogens is 222 g/mol. The van der Waals surface area contributed by atoms with Crippen molar-refractivity contribution < 1.29 is 4.79 Å². The quantitative estimate of drug-likeness (QED) is 0.865. The highest BCUT2D eigenvalue weighted by Crippen LogP contribution is 2.14. The van der Waals surface area contributed by atoms with E-state index in [1.165, 1.54) is 16.7 Å². The first kappa shape index (κ1) is 14.9. The van der Waals surface area contributed by atoms with Crippen molar-refractivity contribution in [2.45, 2.75) is 53.0 Å². The van der Waals surface area contributed by atoms with Crippen LogP contribution < -0.4 is 5.32 Å². The molecule has 0 fully saturated rings. The van der Waals surface area contributed by atoms with E-state index in [2.05, 4.69) is 52.1 Å². The maximum absolute atomic E-state index is 12.0. The number of hydrogen-bond acceptors (Lipinski definition) is 2. The van der Waals surface area contributed by atoms with Gasteiger partial charge in [0.15, 0.2) is 0 Å². The summed E-state index contributed by atoms with van der Waals surface area (Å²) in [6, 6.07) is 6.19. The van der Waals surface area contributed by atoms with E-state index >= 15 is 0 Å². The maximum Gasteiger partial charge on any atom is 0.138 e. The molecule has 1 rings (SSSR count). The van der Waals surface area contributed by atoms with Crippen LogP contribution in [-0.4, -0.2) is 17.9 Å². The number of carbonyl (C=O) groups excluding carboxylic acids is 1. The van der Waals surface area contributed by atoms with Crippen LogP contribution in [0.2, 0.25) is 0 Å². The Bertz CT molecular complexity index is 395. The lowest BCUT2D eigenvalue weighted by atomic mass is 9.97. The molecule has 1 aromatic rings. The second-order valence-corrected chi connectivity index (χ2v) is 6.01. The van der Waals surface area contributed by atoms with Gasteiger partial charge in [-0.05, 0) is 51.3 Å². The van der Waals surface area contributed by atoms with Gasteiger partial charge in [0.05, 0.1) is 0 Å². The lowest BCUT2D eigenvalue weighted by molar-refractivity contribution is -0.118. The van der Waals surface area contributed by atoms with Crippen LogP contribution in [0.4, 0.5) is 0 Å². The number of hydrogen-bond donors (Lipinski definition) is 1. The molecule has 18 heavy (non-hydrogen) atoms. The molecule has 0 aliphatic rings. The summed E-state index contributed by atoms with van der Waals surface area (Å²) < 4.78 is 0. The van der Waals surface area contributed by atoms with E-state index in [0.717, 1.165) is 6.54 Å². The molecule has 0 radical (unpaired) electrons. The zero-order valence-corrected chi connectivity index (χ0v) is 12.3. The third kappa shape index (κ3) is 5.01. The number of carbonyl (C=O) groups is 1. The molecule has 2 heteroatoms. The lowest BCUT2D eigenvalue weighted by Crippen LogP contribution is -2.37. The van der Waals surface area contributed by atoms with Crippen molar-refractivity contribution in [2.75, 3.05) is 6.54 Å². The maximum atomic E-state index is 12.0. The van der Waals surface area contributed by atoms with Crippen LogP contribution in [0.5, 0.6) is 0 Å². The molecule has 0 aliphatic heterocycles. The molecule has 0 amide bonds. The minimum absolute atomic E-state index is 0.0822. The van der Waals surface area contributed by atoms with Crippen LogP contribution in [0.1, 0.15) is 43.9 Å². The highest BCUT2D eigenvalue weighted by atomic mass is 16.1. The van der Waals surface area contributed by atoms with Gasteiger partial charge >= 0.3 is 0 Å². The molecule has 1 aromatic carbocycles. The lowest BCUT2D eigenvalue weighted by Gasteiger charge is -2.20. The van der Waals surface area contributed by atoms with Crippen molar-refractivity contribution >= 4 is 5.78 Å². The third-order valence-corrected chi connectivity index (χ3v) is 3.08. The van der Waals surface area contributed by atoms with E-state index in [0.29, 0.717) is 18.6 Å². The molecule has 0 bridgehead atoms. The molecule has 0 saturated carbocycles. The van der Waals surface area contributed by atoms with E-state index in [1.807, 2.05) is 6.07 Å². The fraction of sp³-hybridized carbons (Fsp3) is 0.562. The van der Waals surface area contributed by atoms with E-state index in [9.17, 15) is 4.79 Å². The zero-order chi connectivity index (χ0) is 13.8. The summed E-state index contributed by atoms with van der Waals surface area (Å²) in [7, 11) is 0. The highest BCUT2D eigenvalue weighted by molar-refractivity contribution is 5.81. The van der Waals surface area contributed by atoms with Crippen molar-refractivity contribution in [3.05, 3.63) is 34.9 Å². The highest BCUT2D eigenvalue weighted by Gasteiger charge is 2.11. The molecule has 100 valence electrons. The average Bonchev–Trinajstić information content (AvgIpc) is 2.22. The largest absolute Gasteiger partial charge is 0.312 e. The smallest absolute Gasteiger partial charge is 0.138 e. The summed E-state index contributed by atoms with van der Waals surface area (Å²) in [6.07, 6.45) is 1.16. The van der Waals surface area contributed by atoms with Crippen LogP contribution in [-0.2, 0) is 11.2 Å². The average molecular weight is 247 g/mol. The Balaban J connectivity index is 2.50. The first-order valence-electron chi connectivity index (χ1n) is 6.61. The number of Topliss-reactive ketones (excluding diaryl/α,β-unsaturated/α-hetero) is 1.